The second-order valence-electron chi connectivity index (χ2n) is 6.96. The van der Waals surface area contributed by atoms with Gasteiger partial charge in [0.15, 0.2) is 11.6 Å². The summed E-state index contributed by atoms with van der Waals surface area (Å²) in [5.41, 5.74) is 0.292. The molecule has 162 valence electrons. The molecule has 0 N–H and O–H groups in total. The molecular weight excluding hydrogens is 408 g/mol. The summed E-state index contributed by atoms with van der Waals surface area (Å²) in [6.45, 7) is 3.39. The molecule has 3 aromatic rings. The number of halogens is 2. The van der Waals surface area contributed by atoms with Crippen LogP contribution in [0.3, 0.4) is 0 Å². The fourth-order valence-electron chi connectivity index (χ4n) is 3.52. The van der Waals surface area contributed by atoms with Gasteiger partial charge in [0.05, 0.1) is 12.8 Å². The average Bonchev–Trinajstić information content (AvgIpc) is 3.43. The molecule has 0 spiro atoms. The van der Waals surface area contributed by atoms with Crippen LogP contribution in [0.15, 0.2) is 48.9 Å². The third-order valence-electron chi connectivity index (χ3n) is 5.05. The van der Waals surface area contributed by atoms with Crippen molar-refractivity contribution in [2.75, 3.05) is 32.8 Å². The molecule has 1 aliphatic heterocycles. The summed E-state index contributed by atoms with van der Waals surface area (Å²) in [5, 5.41) is 4.22. The zero-order valence-electron chi connectivity index (χ0n) is 16.9. The Bertz CT molecular complexity index is 1090. The van der Waals surface area contributed by atoms with Gasteiger partial charge in [-0.15, -0.1) is 0 Å². The lowest BCUT2D eigenvalue weighted by atomic mass is 10.2. The standard InChI is InChI=1S/C21H21F2N5O3/c1-2-31-21(30)27-11-9-26(10-12-27)20(29)16-14-24-28(19(16)25-7-3-4-8-25)18-6-5-15(22)13-17(18)23/h3-8,13-14H,2,9-12H2,1H3. The summed E-state index contributed by atoms with van der Waals surface area (Å²) in [6.07, 6.45) is 4.40. The molecule has 0 aliphatic carbocycles. The van der Waals surface area contributed by atoms with Crippen molar-refractivity contribution in [3.05, 3.63) is 66.1 Å². The number of nitrogens with zero attached hydrogens (tertiary/aromatic N) is 5. The normalized spacial score (nSPS) is 14.0. The first kappa shape index (κ1) is 20.6. The zero-order valence-corrected chi connectivity index (χ0v) is 16.9. The Morgan fingerprint density at radius 3 is 2.39 bits per heavy atom. The van der Waals surface area contributed by atoms with Gasteiger partial charge in [0, 0.05) is 44.6 Å². The predicted octanol–water partition coefficient (Wildman–Crippen LogP) is 2.86. The average molecular weight is 429 g/mol. The van der Waals surface area contributed by atoms with Crippen LogP contribution in [0, 0.1) is 11.6 Å². The minimum absolute atomic E-state index is 0.0243. The molecule has 0 unspecified atom stereocenters. The van der Waals surface area contributed by atoms with Gasteiger partial charge in [-0.3, -0.25) is 4.79 Å². The molecule has 1 aliphatic rings. The Balaban J connectivity index is 1.64. The second kappa shape index (κ2) is 8.58. The lowest BCUT2D eigenvalue weighted by Crippen LogP contribution is -2.50. The van der Waals surface area contributed by atoms with E-state index in [1.165, 1.54) is 16.9 Å². The number of ether oxygens (including phenoxy) is 1. The lowest BCUT2D eigenvalue weighted by Gasteiger charge is -2.34. The molecule has 8 nitrogen and oxygen atoms in total. The molecule has 0 atom stereocenters. The van der Waals surface area contributed by atoms with Crippen molar-refractivity contribution in [2.45, 2.75) is 6.92 Å². The first-order valence-electron chi connectivity index (χ1n) is 9.87. The molecule has 10 heteroatoms. The van der Waals surface area contributed by atoms with E-state index in [2.05, 4.69) is 5.10 Å². The molecule has 0 saturated carbocycles. The number of rotatable bonds is 4. The number of aromatic nitrogens is 3. The van der Waals surface area contributed by atoms with E-state index in [4.69, 9.17) is 4.74 Å². The molecule has 1 aromatic carbocycles. The number of carbonyl (C=O) groups is 2. The highest BCUT2D eigenvalue weighted by atomic mass is 19.1. The molecule has 2 amide bonds. The van der Waals surface area contributed by atoms with Gasteiger partial charge in [0.2, 0.25) is 0 Å². The van der Waals surface area contributed by atoms with E-state index in [1.807, 2.05) is 0 Å². The van der Waals surface area contributed by atoms with E-state index < -0.39 is 17.7 Å². The van der Waals surface area contributed by atoms with Crippen molar-refractivity contribution in [3.8, 4) is 11.5 Å². The van der Waals surface area contributed by atoms with Gasteiger partial charge in [-0.25, -0.2) is 18.3 Å². The van der Waals surface area contributed by atoms with Crippen molar-refractivity contribution >= 4 is 12.0 Å². The van der Waals surface area contributed by atoms with Crippen LogP contribution in [0.2, 0.25) is 0 Å². The van der Waals surface area contributed by atoms with E-state index in [-0.39, 0.29) is 23.8 Å². The summed E-state index contributed by atoms with van der Waals surface area (Å²) in [6, 6.07) is 6.72. The largest absolute Gasteiger partial charge is 0.450 e. The number of hydrogen-bond acceptors (Lipinski definition) is 4. The van der Waals surface area contributed by atoms with Crippen LogP contribution >= 0.6 is 0 Å². The monoisotopic (exact) mass is 429 g/mol. The quantitative estimate of drug-likeness (QED) is 0.640. The summed E-state index contributed by atoms with van der Waals surface area (Å²) < 4.78 is 35.8. The fraction of sp³-hybridized carbons (Fsp3) is 0.286. The van der Waals surface area contributed by atoms with Crippen LogP contribution in [0.4, 0.5) is 13.6 Å². The number of hydrogen-bond donors (Lipinski definition) is 0. The molecule has 0 radical (unpaired) electrons. The molecule has 3 heterocycles. The highest BCUT2D eigenvalue weighted by Crippen LogP contribution is 2.24. The van der Waals surface area contributed by atoms with Crippen molar-refractivity contribution < 1.29 is 23.1 Å². The molecule has 4 rings (SSSR count). The summed E-state index contributed by atoms with van der Waals surface area (Å²) >= 11 is 0. The van der Waals surface area contributed by atoms with Gasteiger partial charge in [-0.2, -0.15) is 5.10 Å². The third kappa shape index (κ3) is 4.00. The molecule has 2 aromatic heterocycles. The number of amides is 2. The van der Waals surface area contributed by atoms with E-state index in [0.29, 0.717) is 32.0 Å². The predicted molar refractivity (Wildman–Crippen MR) is 107 cm³/mol. The summed E-state index contributed by atoms with van der Waals surface area (Å²) in [7, 11) is 0. The van der Waals surface area contributed by atoms with Crippen molar-refractivity contribution in [1.82, 2.24) is 24.1 Å². The molecule has 0 bridgehead atoms. The Kier molecular flexibility index (Phi) is 5.70. The Hall–Kier alpha value is -3.69. The molecule has 1 fully saturated rings. The van der Waals surface area contributed by atoms with Crippen LogP contribution in [-0.4, -0.2) is 68.9 Å². The first-order chi connectivity index (χ1) is 15.0. The van der Waals surface area contributed by atoms with E-state index >= 15 is 0 Å². The SMILES string of the molecule is CCOC(=O)N1CCN(C(=O)c2cnn(-c3ccc(F)cc3F)c2-n2cccc2)CC1. The van der Waals surface area contributed by atoms with Crippen LogP contribution in [0.5, 0.6) is 0 Å². The zero-order chi connectivity index (χ0) is 22.0. The van der Waals surface area contributed by atoms with Crippen LogP contribution in [0.1, 0.15) is 17.3 Å². The smallest absolute Gasteiger partial charge is 0.409 e. The fourth-order valence-corrected chi connectivity index (χ4v) is 3.52. The van der Waals surface area contributed by atoms with E-state index in [1.54, 1.807) is 45.8 Å². The first-order valence-corrected chi connectivity index (χ1v) is 9.87. The highest BCUT2D eigenvalue weighted by molar-refractivity contribution is 5.97. The Morgan fingerprint density at radius 1 is 1.06 bits per heavy atom. The number of benzene rings is 1. The van der Waals surface area contributed by atoms with Gasteiger partial charge in [0.25, 0.3) is 5.91 Å². The third-order valence-corrected chi connectivity index (χ3v) is 5.05. The van der Waals surface area contributed by atoms with Gasteiger partial charge < -0.3 is 19.1 Å². The van der Waals surface area contributed by atoms with E-state index in [0.717, 1.165) is 12.1 Å². The summed E-state index contributed by atoms with van der Waals surface area (Å²) in [5.74, 6) is -1.44. The van der Waals surface area contributed by atoms with Gasteiger partial charge in [-0.05, 0) is 31.2 Å². The highest BCUT2D eigenvalue weighted by Gasteiger charge is 2.29. The van der Waals surface area contributed by atoms with E-state index in [9.17, 15) is 18.4 Å². The van der Waals surface area contributed by atoms with Crippen LogP contribution < -0.4 is 0 Å². The van der Waals surface area contributed by atoms with Crippen molar-refractivity contribution in [2.24, 2.45) is 0 Å². The van der Waals surface area contributed by atoms with Gasteiger partial charge in [0.1, 0.15) is 17.1 Å². The lowest BCUT2D eigenvalue weighted by molar-refractivity contribution is 0.0570. The molecular formula is C21H21F2N5O3. The van der Waals surface area contributed by atoms with Crippen molar-refractivity contribution in [1.29, 1.82) is 0 Å². The minimum atomic E-state index is -0.793. The summed E-state index contributed by atoms with van der Waals surface area (Å²) in [4.78, 5) is 28.3. The number of carbonyl (C=O) groups excluding carboxylic acids is 2. The molecule has 1 saturated heterocycles. The number of piperazine rings is 1. The Labute approximate surface area is 177 Å². The van der Waals surface area contributed by atoms with Crippen molar-refractivity contribution in [3.63, 3.8) is 0 Å². The maximum atomic E-state index is 14.4. The minimum Gasteiger partial charge on any atom is -0.450 e. The second-order valence-corrected chi connectivity index (χ2v) is 6.96. The van der Waals surface area contributed by atoms with Crippen LogP contribution in [0.25, 0.3) is 11.5 Å². The maximum absolute atomic E-state index is 14.4. The van der Waals surface area contributed by atoms with Crippen LogP contribution in [-0.2, 0) is 4.74 Å². The maximum Gasteiger partial charge on any atom is 0.409 e. The van der Waals surface area contributed by atoms with Gasteiger partial charge in [-0.1, -0.05) is 0 Å². The molecule has 31 heavy (non-hydrogen) atoms. The van der Waals surface area contributed by atoms with Gasteiger partial charge >= 0.3 is 6.09 Å². The topological polar surface area (TPSA) is 72.6 Å². The Morgan fingerprint density at radius 2 is 1.74 bits per heavy atom.